The summed E-state index contributed by atoms with van der Waals surface area (Å²) in [7, 11) is 0. The first-order chi connectivity index (χ1) is 11.1. The Morgan fingerprint density at radius 3 is 2.39 bits per heavy atom. The fourth-order valence-corrected chi connectivity index (χ4v) is 3.01. The van der Waals surface area contributed by atoms with Crippen LogP contribution in [0.4, 0.5) is 0 Å². The van der Waals surface area contributed by atoms with Gasteiger partial charge >= 0.3 is 0 Å². The van der Waals surface area contributed by atoms with Crippen LogP contribution in [-0.2, 0) is 16.0 Å². The van der Waals surface area contributed by atoms with Crippen LogP contribution in [0.5, 0.6) is 0 Å². The quantitative estimate of drug-likeness (QED) is 0.838. The van der Waals surface area contributed by atoms with Gasteiger partial charge in [-0.1, -0.05) is 43.2 Å². The lowest BCUT2D eigenvalue weighted by atomic mass is 10.1. The summed E-state index contributed by atoms with van der Waals surface area (Å²) in [4.78, 5) is 28.5. The minimum absolute atomic E-state index is 0.165. The highest BCUT2D eigenvalue weighted by molar-refractivity contribution is 5.79. The summed E-state index contributed by atoms with van der Waals surface area (Å²) < 4.78 is 0. The van der Waals surface area contributed by atoms with Crippen molar-refractivity contribution in [3.8, 4) is 0 Å². The Bertz CT molecular complexity index is 542. The predicted octanol–water partition coefficient (Wildman–Crippen LogP) is 2.79. The van der Waals surface area contributed by atoms with Gasteiger partial charge in [-0.3, -0.25) is 9.59 Å². The average Bonchev–Trinajstić information content (AvgIpc) is 2.78. The van der Waals surface area contributed by atoms with E-state index in [4.69, 9.17) is 0 Å². The molecule has 2 amide bonds. The second-order valence-electron chi connectivity index (χ2n) is 6.38. The van der Waals surface area contributed by atoms with Crippen LogP contribution in [0, 0.1) is 6.92 Å². The van der Waals surface area contributed by atoms with Gasteiger partial charge in [0, 0.05) is 32.6 Å². The Hall–Kier alpha value is -1.84. The minimum atomic E-state index is 0.165. The van der Waals surface area contributed by atoms with Crippen molar-refractivity contribution in [3.63, 3.8) is 0 Å². The SMILES string of the molecule is CCCCC(=O)N1CCCN(C(=O)Cc2cccc(C)c2)CC1. The molecule has 1 saturated heterocycles. The minimum Gasteiger partial charge on any atom is -0.341 e. The van der Waals surface area contributed by atoms with Crippen LogP contribution in [0.2, 0.25) is 0 Å². The lowest BCUT2D eigenvalue weighted by Crippen LogP contribution is -2.37. The van der Waals surface area contributed by atoms with E-state index in [9.17, 15) is 9.59 Å². The van der Waals surface area contributed by atoms with Crippen LogP contribution in [-0.4, -0.2) is 47.8 Å². The monoisotopic (exact) mass is 316 g/mol. The number of amides is 2. The van der Waals surface area contributed by atoms with Crippen molar-refractivity contribution in [1.29, 1.82) is 0 Å². The highest BCUT2D eigenvalue weighted by Crippen LogP contribution is 2.10. The molecule has 0 atom stereocenters. The van der Waals surface area contributed by atoms with E-state index in [1.54, 1.807) is 0 Å². The Labute approximate surface area is 139 Å². The maximum Gasteiger partial charge on any atom is 0.227 e. The van der Waals surface area contributed by atoms with Gasteiger partial charge in [-0.15, -0.1) is 0 Å². The summed E-state index contributed by atoms with van der Waals surface area (Å²) in [6.07, 6.45) is 3.95. The normalized spacial score (nSPS) is 15.4. The molecule has 0 spiro atoms. The fraction of sp³-hybridized carbons (Fsp3) is 0.579. The van der Waals surface area contributed by atoms with Crippen molar-refractivity contribution >= 4 is 11.8 Å². The van der Waals surface area contributed by atoms with Gasteiger partial charge in [-0.25, -0.2) is 0 Å². The molecule has 1 heterocycles. The molecular formula is C19H28N2O2. The van der Waals surface area contributed by atoms with Crippen molar-refractivity contribution in [1.82, 2.24) is 9.80 Å². The van der Waals surface area contributed by atoms with Gasteiger partial charge in [-0.2, -0.15) is 0 Å². The van der Waals surface area contributed by atoms with Crippen molar-refractivity contribution in [3.05, 3.63) is 35.4 Å². The molecular weight excluding hydrogens is 288 g/mol. The number of rotatable bonds is 5. The van der Waals surface area contributed by atoms with E-state index in [0.29, 0.717) is 25.9 Å². The van der Waals surface area contributed by atoms with E-state index in [1.807, 2.05) is 34.9 Å². The number of carbonyl (C=O) groups excluding carboxylic acids is 2. The third kappa shape index (κ3) is 5.38. The van der Waals surface area contributed by atoms with Crippen molar-refractivity contribution in [2.24, 2.45) is 0 Å². The highest BCUT2D eigenvalue weighted by Gasteiger charge is 2.21. The van der Waals surface area contributed by atoms with Crippen molar-refractivity contribution in [2.45, 2.75) is 46.0 Å². The molecule has 0 aromatic heterocycles. The van der Waals surface area contributed by atoms with Crippen LogP contribution < -0.4 is 0 Å². The number of hydrogen-bond acceptors (Lipinski definition) is 2. The molecule has 1 aromatic carbocycles. The van der Waals surface area contributed by atoms with Crippen LogP contribution in [0.25, 0.3) is 0 Å². The molecule has 1 fully saturated rings. The molecule has 0 bridgehead atoms. The molecule has 0 aliphatic carbocycles. The second-order valence-corrected chi connectivity index (χ2v) is 6.38. The summed E-state index contributed by atoms with van der Waals surface area (Å²) in [6.45, 7) is 6.99. The van der Waals surface area contributed by atoms with Gasteiger partial charge in [0.2, 0.25) is 11.8 Å². The smallest absolute Gasteiger partial charge is 0.227 e. The summed E-state index contributed by atoms with van der Waals surface area (Å²) >= 11 is 0. The molecule has 1 aromatic rings. The summed E-state index contributed by atoms with van der Waals surface area (Å²) in [6, 6.07) is 8.10. The van der Waals surface area contributed by atoms with Gasteiger partial charge in [-0.05, 0) is 25.3 Å². The third-order valence-electron chi connectivity index (χ3n) is 4.38. The lowest BCUT2D eigenvalue weighted by Gasteiger charge is -2.22. The highest BCUT2D eigenvalue weighted by atomic mass is 16.2. The first kappa shape index (κ1) is 17.5. The van der Waals surface area contributed by atoms with E-state index >= 15 is 0 Å². The molecule has 126 valence electrons. The Kier molecular flexibility index (Phi) is 6.63. The topological polar surface area (TPSA) is 40.6 Å². The second kappa shape index (κ2) is 8.70. The molecule has 4 nitrogen and oxygen atoms in total. The van der Waals surface area contributed by atoms with Gasteiger partial charge in [0.25, 0.3) is 0 Å². The van der Waals surface area contributed by atoms with Crippen molar-refractivity contribution in [2.75, 3.05) is 26.2 Å². The molecule has 2 rings (SSSR count). The van der Waals surface area contributed by atoms with E-state index < -0.39 is 0 Å². The number of aryl methyl sites for hydroxylation is 1. The molecule has 0 unspecified atom stereocenters. The van der Waals surface area contributed by atoms with Gasteiger partial charge < -0.3 is 9.80 Å². The first-order valence-corrected chi connectivity index (χ1v) is 8.71. The molecule has 0 saturated carbocycles. The van der Waals surface area contributed by atoms with E-state index in [0.717, 1.165) is 37.9 Å². The largest absolute Gasteiger partial charge is 0.341 e. The van der Waals surface area contributed by atoms with Gasteiger partial charge in [0.15, 0.2) is 0 Å². The van der Waals surface area contributed by atoms with Crippen molar-refractivity contribution < 1.29 is 9.59 Å². The lowest BCUT2D eigenvalue weighted by molar-refractivity contribution is -0.133. The standard InChI is InChI=1S/C19H28N2O2/c1-3-4-9-18(22)20-10-6-11-21(13-12-20)19(23)15-17-8-5-7-16(2)14-17/h5,7-8,14H,3-4,6,9-13,15H2,1-2H3. The fourth-order valence-electron chi connectivity index (χ4n) is 3.01. The maximum absolute atomic E-state index is 12.5. The number of carbonyl (C=O) groups is 2. The molecule has 1 aliphatic heterocycles. The maximum atomic E-state index is 12.5. The average molecular weight is 316 g/mol. The molecule has 4 heteroatoms. The molecule has 23 heavy (non-hydrogen) atoms. The summed E-state index contributed by atoms with van der Waals surface area (Å²) in [5.74, 6) is 0.401. The Balaban J connectivity index is 1.87. The van der Waals surface area contributed by atoms with Crippen LogP contribution >= 0.6 is 0 Å². The van der Waals surface area contributed by atoms with Gasteiger partial charge in [0.05, 0.1) is 6.42 Å². The predicted molar refractivity (Wildman–Crippen MR) is 92.2 cm³/mol. The number of benzene rings is 1. The van der Waals surface area contributed by atoms with E-state index in [2.05, 4.69) is 13.0 Å². The summed E-state index contributed by atoms with van der Waals surface area (Å²) in [5, 5.41) is 0. The number of unbranched alkanes of at least 4 members (excludes halogenated alkanes) is 1. The Morgan fingerprint density at radius 1 is 1.04 bits per heavy atom. The molecule has 1 aliphatic rings. The zero-order valence-corrected chi connectivity index (χ0v) is 14.4. The van der Waals surface area contributed by atoms with Gasteiger partial charge in [0.1, 0.15) is 0 Å². The van der Waals surface area contributed by atoms with Crippen LogP contribution in [0.15, 0.2) is 24.3 Å². The zero-order valence-electron chi connectivity index (χ0n) is 14.4. The molecule has 0 N–H and O–H groups in total. The third-order valence-corrected chi connectivity index (χ3v) is 4.38. The summed E-state index contributed by atoms with van der Waals surface area (Å²) in [5.41, 5.74) is 2.24. The van der Waals surface area contributed by atoms with Crippen LogP contribution in [0.3, 0.4) is 0 Å². The van der Waals surface area contributed by atoms with E-state index in [-0.39, 0.29) is 11.8 Å². The first-order valence-electron chi connectivity index (χ1n) is 8.71. The molecule has 0 radical (unpaired) electrons. The zero-order chi connectivity index (χ0) is 16.7. The van der Waals surface area contributed by atoms with Crippen LogP contribution in [0.1, 0.15) is 43.7 Å². The Morgan fingerprint density at radius 2 is 1.74 bits per heavy atom. The number of nitrogens with zero attached hydrogens (tertiary/aromatic N) is 2. The van der Waals surface area contributed by atoms with E-state index in [1.165, 1.54) is 5.56 Å². The number of hydrogen-bond donors (Lipinski definition) is 0.